The first kappa shape index (κ1) is 21.7. The van der Waals surface area contributed by atoms with E-state index < -0.39 is 16.9 Å². The molecule has 5 rings (SSSR count). The van der Waals surface area contributed by atoms with Crippen LogP contribution < -0.4 is 5.32 Å². The number of nitrogens with zero attached hydrogens (tertiary/aromatic N) is 5. The number of pyridine rings is 1. The molecule has 0 radical (unpaired) electrons. The molecule has 0 bridgehead atoms. The molecule has 1 aliphatic rings. The van der Waals surface area contributed by atoms with Crippen LogP contribution in [0.5, 0.6) is 0 Å². The molecule has 4 aromatic rings. The van der Waals surface area contributed by atoms with E-state index in [1.54, 1.807) is 24.7 Å². The molecule has 7 nitrogen and oxygen atoms in total. The second-order valence-electron chi connectivity index (χ2n) is 7.57. The molecule has 0 saturated heterocycles. The predicted octanol–water partition coefficient (Wildman–Crippen LogP) is 5.20. The Bertz CT molecular complexity index is 1310. The normalized spacial score (nSPS) is 14.3. The molecule has 1 saturated carbocycles. The molecule has 1 atom stereocenters. The van der Waals surface area contributed by atoms with Gasteiger partial charge in [0.25, 0.3) is 0 Å². The number of rotatable bonds is 7. The summed E-state index contributed by atoms with van der Waals surface area (Å²) in [5.74, 6) is -1.35. The largest absolute Gasteiger partial charge is 0.301 e. The number of hydrogen-bond acceptors (Lipinski definition) is 7. The lowest BCUT2D eigenvalue weighted by Gasteiger charge is -2.12. The zero-order valence-electron chi connectivity index (χ0n) is 17.4. The van der Waals surface area contributed by atoms with Gasteiger partial charge in [-0.15, -0.1) is 21.5 Å². The zero-order valence-corrected chi connectivity index (χ0v) is 19.0. The Hall–Kier alpha value is -3.18. The summed E-state index contributed by atoms with van der Waals surface area (Å²) in [4.78, 5) is 21.3. The number of halogens is 2. The first-order valence-electron chi connectivity index (χ1n) is 10.2. The number of carbonyl (C=O) groups is 1. The molecule has 0 spiro atoms. The zero-order chi connectivity index (χ0) is 22.9. The van der Waals surface area contributed by atoms with Crippen molar-refractivity contribution in [1.29, 1.82) is 0 Å². The first-order valence-corrected chi connectivity index (χ1v) is 12.0. The van der Waals surface area contributed by atoms with E-state index in [1.165, 1.54) is 29.2 Å². The van der Waals surface area contributed by atoms with Crippen molar-refractivity contribution in [3.8, 4) is 22.6 Å². The van der Waals surface area contributed by atoms with E-state index in [0.717, 1.165) is 36.4 Å². The van der Waals surface area contributed by atoms with Crippen molar-refractivity contribution in [2.75, 3.05) is 5.32 Å². The van der Waals surface area contributed by atoms with Gasteiger partial charge in [0.1, 0.15) is 0 Å². The topological polar surface area (TPSA) is 85.6 Å². The van der Waals surface area contributed by atoms with Gasteiger partial charge in [0.2, 0.25) is 5.91 Å². The lowest BCUT2D eigenvalue weighted by molar-refractivity contribution is -0.115. The maximum absolute atomic E-state index is 13.5. The summed E-state index contributed by atoms with van der Waals surface area (Å²) in [5.41, 5.74) is 1.78. The Kier molecular flexibility index (Phi) is 5.90. The van der Waals surface area contributed by atoms with Crippen molar-refractivity contribution in [2.45, 2.75) is 36.2 Å². The number of benzene rings is 1. The molecule has 1 N–H and O–H groups in total. The number of amides is 1. The Morgan fingerprint density at radius 1 is 1.21 bits per heavy atom. The number of aromatic nitrogens is 5. The molecule has 1 fully saturated rings. The standard InChI is InChI=1S/C22H18F2N6OS2/c1-12(20(31)27-21-26-18(11-32-21)13-4-7-16(23)17(24)9-13)33-22-29-28-19(30(22)15-5-6-15)14-3-2-8-25-10-14/h2-4,7-12,15H,5-6H2,1H3,(H,26,27,31)/t12-/m0/s1. The summed E-state index contributed by atoms with van der Waals surface area (Å²) < 4.78 is 28.8. The highest BCUT2D eigenvalue weighted by atomic mass is 32.2. The van der Waals surface area contributed by atoms with Gasteiger partial charge < -0.3 is 5.32 Å². The van der Waals surface area contributed by atoms with Crippen LogP contribution in [0.25, 0.3) is 22.6 Å². The van der Waals surface area contributed by atoms with Gasteiger partial charge in [0.15, 0.2) is 27.7 Å². The first-order chi connectivity index (χ1) is 16.0. The molecule has 1 aliphatic carbocycles. The van der Waals surface area contributed by atoms with E-state index in [1.807, 2.05) is 12.1 Å². The van der Waals surface area contributed by atoms with Gasteiger partial charge in [-0.2, -0.15) is 0 Å². The van der Waals surface area contributed by atoms with Crippen molar-refractivity contribution >= 4 is 34.1 Å². The second-order valence-corrected chi connectivity index (χ2v) is 9.73. The lowest BCUT2D eigenvalue weighted by atomic mass is 10.2. The highest BCUT2D eigenvalue weighted by Gasteiger charge is 2.31. The molecule has 1 amide bonds. The summed E-state index contributed by atoms with van der Waals surface area (Å²) in [5, 5.41) is 13.8. The fourth-order valence-corrected chi connectivity index (χ4v) is 4.89. The van der Waals surface area contributed by atoms with Crippen molar-refractivity contribution in [3.05, 3.63) is 59.7 Å². The molecule has 0 unspecified atom stereocenters. The van der Waals surface area contributed by atoms with Crippen molar-refractivity contribution in [3.63, 3.8) is 0 Å². The van der Waals surface area contributed by atoms with Gasteiger partial charge in [0.05, 0.1) is 10.9 Å². The highest BCUT2D eigenvalue weighted by molar-refractivity contribution is 8.00. The van der Waals surface area contributed by atoms with Gasteiger partial charge in [-0.25, -0.2) is 13.8 Å². The van der Waals surface area contributed by atoms with Crippen molar-refractivity contribution in [1.82, 2.24) is 24.7 Å². The Balaban J connectivity index is 1.29. The Labute approximate surface area is 196 Å². The second kappa shape index (κ2) is 8.99. The number of nitrogens with one attached hydrogen (secondary N) is 1. The number of hydrogen-bond donors (Lipinski definition) is 1. The van der Waals surface area contributed by atoms with E-state index >= 15 is 0 Å². The molecular formula is C22H18F2N6OS2. The van der Waals surface area contributed by atoms with Gasteiger partial charge in [-0.1, -0.05) is 11.8 Å². The van der Waals surface area contributed by atoms with Gasteiger partial charge in [-0.3, -0.25) is 14.3 Å². The maximum Gasteiger partial charge on any atom is 0.239 e. The minimum atomic E-state index is -0.943. The maximum atomic E-state index is 13.5. The third-order valence-electron chi connectivity index (χ3n) is 5.10. The summed E-state index contributed by atoms with van der Waals surface area (Å²) in [6.45, 7) is 1.79. The van der Waals surface area contributed by atoms with Crippen LogP contribution in [-0.2, 0) is 4.79 Å². The van der Waals surface area contributed by atoms with E-state index in [-0.39, 0.29) is 5.91 Å². The third-order valence-corrected chi connectivity index (χ3v) is 6.91. The van der Waals surface area contributed by atoms with Crippen LogP contribution in [0, 0.1) is 11.6 Å². The van der Waals surface area contributed by atoms with Crippen LogP contribution in [0.1, 0.15) is 25.8 Å². The molecule has 0 aliphatic heterocycles. The van der Waals surface area contributed by atoms with Crippen molar-refractivity contribution in [2.24, 2.45) is 0 Å². The number of thioether (sulfide) groups is 1. The fourth-order valence-electron chi connectivity index (χ4n) is 3.25. The quantitative estimate of drug-likeness (QED) is 0.363. The number of anilines is 1. The van der Waals surface area contributed by atoms with E-state index in [2.05, 4.69) is 30.0 Å². The van der Waals surface area contributed by atoms with E-state index in [0.29, 0.717) is 27.6 Å². The minimum absolute atomic E-state index is 0.237. The summed E-state index contributed by atoms with van der Waals surface area (Å²) in [7, 11) is 0. The highest BCUT2D eigenvalue weighted by Crippen LogP contribution is 2.41. The molecule has 168 valence electrons. The SMILES string of the molecule is C[C@H](Sc1nnc(-c2cccnc2)n1C1CC1)C(=O)Nc1nc(-c2ccc(F)c(F)c2)cs1. The van der Waals surface area contributed by atoms with Crippen molar-refractivity contribution < 1.29 is 13.6 Å². The fraction of sp³-hybridized carbons (Fsp3) is 0.227. The van der Waals surface area contributed by atoms with Gasteiger partial charge in [-0.05, 0) is 50.1 Å². The summed E-state index contributed by atoms with van der Waals surface area (Å²) in [6, 6.07) is 7.70. The molecular weight excluding hydrogens is 466 g/mol. The molecule has 33 heavy (non-hydrogen) atoms. The average molecular weight is 485 g/mol. The van der Waals surface area contributed by atoms with Gasteiger partial charge >= 0.3 is 0 Å². The number of carbonyl (C=O) groups excluding carboxylic acids is 1. The number of thiazole rings is 1. The van der Waals surface area contributed by atoms with Crippen LogP contribution >= 0.6 is 23.1 Å². The minimum Gasteiger partial charge on any atom is -0.301 e. The van der Waals surface area contributed by atoms with Crippen LogP contribution in [0.15, 0.2) is 53.3 Å². The van der Waals surface area contributed by atoms with Gasteiger partial charge in [0, 0.05) is 34.9 Å². The molecule has 3 aromatic heterocycles. The Morgan fingerprint density at radius 2 is 2.06 bits per heavy atom. The summed E-state index contributed by atoms with van der Waals surface area (Å²) in [6.07, 6.45) is 5.55. The summed E-state index contributed by atoms with van der Waals surface area (Å²) >= 11 is 2.55. The van der Waals surface area contributed by atoms with Crippen LogP contribution in [0.3, 0.4) is 0 Å². The lowest BCUT2D eigenvalue weighted by Crippen LogP contribution is -2.22. The average Bonchev–Trinajstić information content (AvgIpc) is 3.40. The third kappa shape index (κ3) is 4.64. The smallest absolute Gasteiger partial charge is 0.239 e. The Morgan fingerprint density at radius 3 is 2.79 bits per heavy atom. The monoisotopic (exact) mass is 484 g/mol. The molecule has 3 heterocycles. The van der Waals surface area contributed by atoms with E-state index in [4.69, 9.17) is 0 Å². The molecule has 1 aromatic carbocycles. The predicted molar refractivity (Wildman–Crippen MR) is 123 cm³/mol. The van der Waals surface area contributed by atoms with Crippen LogP contribution in [-0.4, -0.2) is 35.9 Å². The van der Waals surface area contributed by atoms with Crippen LogP contribution in [0.2, 0.25) is 0 Å². The van der Waals surface area contributed by atoms with Crippen LogP contribution in [0.4, 0.5) is 13.9 Å². The molecule has 11 heteroatoms. The van der Waals surface area contributed by atoms with E-state index in [9.17, 15) is 13.6 Å².